The minimum absolute atomic E-state index is 0.319. The molecule has 1 saturated heterocycles. The van der Waals surface area contributed by atoms with Crippen LogP contribution in [0.5, 0.6) is 0 Å². The molecule has 0 aromatic rings. The molecule has 2 aliphatic heterocycles. The molecular formula is C14H23N3O4. The largest absolute Gasteiger partial charge is 0.383 e. The van der Waals surface area contributed by atoms with Crippen LogP contribution in [0.4, 0.5) is 0 Å². The zero-order chi connectivity index (χ0) is 15.8. The fraction of sp³-hybridized carbons (Fsp3) is 0.643. The third kappa shape index (κ3) is 2.69. The summed E-state index contributed by atoms with van der Waals surface area (Å²) in [4.78, 5) is 5.85. The molecule has 7 nitrogen and oxygen atoms in total. The molecule has 0 amide bonds. The number of rotatable bonds is 4. The van der Waals surface area contributed by atoms with Crippen molar-refractivity contribution in [2.45, 2.75) is 37.9 Å². The second-order valence-electron chi connectivity index (χ2n) is 5.50. The quantitative estimate of drug-likeness (QED) is 0.769. The number of amidine groups is 1. The number of hydrogen-bond donors (Lipinski definition) is 2. The molecule has 118 valence electrons. The van der Waals surface area contributed by atoms with Crippen LogP contribution >= 0.6 is 0 Å². The molecule has 7 heteroatoms. The molecular weight excluding hydrogens is 274 g/mol. The van der Waals surface area contributed by atoms with Crippen LogP contribution in [0.15, 0.2) is 29.2 Å². The van der Waals surface area contributed by atoms with E-state index >= 15 is 0 Å². The maximum Gasteiger partial charge on any atom is 0.167 e. The van der Waals surface area contributed by atoms with E-state index in [2.05, 4.69) is 11.6 Å². The highest BCUT2D eigenvalue weighted by Crippen LogP contribution is 2.37. The topological polar surface area (TPSA) is 89.5 Å². The van der Waals surface area contributed by atoms with Crippen LogP contribution < -0.4 is 5.73 Å². The van der Waals surface area contributed by atoms with E-state index in [-0.39, 0.29) is 6.10 Å². The highest BCUT2D eigenvalue weighted by molar-refractivity contribution is 5.97. The number of aliphatic hydroxyl groups is 1. The van der Waals surface area contributed by atoms with Gasteiger partial charge in [0.25, 0.3) is 0 Å². The SMILES string of the molecule is C=C1N=C(N)C(C)=CN1[C@@H]1O[C@H](COC)C(OC)[C@@]1(C)O. The van der Waals surface area contributed by atoms with Crippen LogP contribution in [-0.2, 0) is 14.2 Å². The van der Waals surface area contributed by atoms with Crippen molar-refractivity contribution in [2.75, 3.05) is 20.8 Å². The summed E-state index contributed by atoms with van der Waals surface area (Å²) < 4.78 is 16.5. The summed E-state index contributed by atoms with van der Waals surface area (Å²) in [5, 5.41) is 10.8. The van der Waals surface area contributed by atoms with Gasteiger partial charge in [-0.2, -0.15) is 0 Å². The molecule has 0 saturated carbocycles. The third-order valence-corrected chi connectivity index (χ3v) is 3.84. The highest BCUT2D eigenvalue weighted by atomic mass is 16.6. The third-order valence-electron chi connectivity index (χ3n) is 3.84. The molecule has 0 aromatic heterocycles. The van der Waals surface area contributed by atoms with Crippen LogP contribution in [0.25, 0.3) is 0 Å². The van der Waals surface area contributed by atoms with Crippen molar-refractivity contribution in [3.8, 4) is 0 Å². The summed E-state index contributed by atoms with van der Waals surface area (Å²) in [6.07, 6.45) is 0.185. The minimum Gasteiger partial charge on any atom is -0.383 e. The molecule has 1 unspecified atom stereocenters. The lowest BCUT2D eigenvalue weighted by Crippen LogP contribution is -2.52. The second kappa shape index (κ2) is 5.76. The molecule has 2 aliphatic rings. The maximum atomic E-state index is 10.8. The van der Waals surface area contributed by atoms with Gasteiger partial charge in [-0.05, 0) is 13.8 Å². The van der Waals surface area contributed by atoms with Gasteiger partial charge in [0.2, 0.25) is 0 Å². The van der Waals surface area contributed by atoms with E-state index in [4.69, 9.17) is 19.9 Å². The van der Waals surface area contributed by atoms with Gasteiger partial charge < -0.3 is 30.0 Å². The van der Waals surface area contributed by atoms with Crippen molar-refractivity contribution in [3.05, 3.63) is 24.2 Å². The Morgan fingerprint density at radius 1 is 1.57 bits per heavy atom. The summed E-state index contributed by atoms with van der Waals surface area (Å²) in [5.74, 6) is 0.821. The van der Waals surface area contributed by atoms with Gasteiger partial charge in [-0.1, -0.05) is 6.58 Å². The Balaban J connectivity index is 2.30. The van der Waals surface area contributed by atoms with E-state index in [1.54, 1.807) is 25.1 Å². The van der Waals surface area contributed by atoms with E-state index in [1.807, 2.05) is 6.92 Å². The van der Waals surface area contributed by atoms with Crippen LogP contribution in [-0.4, -0.2) is 60.7 Å². The Morgan fingerprint density at radius 2 is 2.24 bits per heavy atom. The normalized spacial score (nSPS) is 36.7. The molecule has 0 radical (unpaired) electrons. The van der Waals surface area contributed by atoms with Gasteiger partial charge in [0.05, 0.1) is 6.61 Å². The Morgan fingerprint density at radius 3 is 2.81 bits per heavy atom. The van der Waals surface area contributed by atoms with Crippen molar-refractivity contribution >= 4 is 5.84 Å². The Kier molecular flexibility index (Phi) is 4.38. The standard InChI is InChI=1S/C14H23N3O4/c1-8-6-17(9(2)16-12(8)15)13-14(3,18)11(20-5)10(21-13)7-19-4/h6,10-11,13,18H,2,7H2,1,3-5H3,(H2,15,16)/t10-,11?,13-,14-/m1/s1. The number of methoxy groups -OCH3 is 2. The predicted octanol–water partition coefficient (Wildman–Crippen LogP) is 0.172. The highest BCUT2D eigenvalue weighted by Gasteiger charge is 2.55. The molecule has 21 heavy (non-hydrogen) atoms. The smallest absolute Gasteiger partial charge is 0.167 e. The number of nitrogens with two attached hydrogens (primary N) is 1. The van der Waals surface area contributed by atoms with Gasteiger partial charge in [-0.25, -0.2) is 4.99 Å². The Labute approximate surface area is 124 Å². The number of hydrogen-bond acceptors (Lipinski definition) is 7. The summed E-state index contributed by atoms with van der Waals surface area (Å²) in [6.45, 7) is 7.68. The molecule has 2 rings (SSSR count). The van der Waals surface area contributed by atoms with E-state index in [0.717, 1.165) is 5.57 Å². The fourth-order valence-electron chi connectivity index (χ4n) is 2.76. The Hall–Kier alpha value is -1.41. The molecule has 3 N–H and O–H groups in total. The van der Waals surface area contributed by atoms with Crippen molar-refractivity contribution in [1.29, 1.82) is 0 Å². The lowest BCUT2D eigenvalue weighted by atomic mass is 9.95. The lowest BCUT2D eigenvalue weighted by Gasteiger charge is -2.37. The van der Waals surface area contributed by atoms with Gasteiger partial charge in [0.1, 0.15) is 29.5 Å². The van der Waals surface area contributed by atoms with Crippen LogP contribution in [0.3, 0.4) is 0 Å². The average Bonchev–Trinajstić information content (AvgIpc) is 2.65. The first kappa shape index (κ1) is 16.0. The maximum absolute atomic E-state index is 10.8. The Bertz CT molecular complexity index is 487. The van der Waals surface area contributed by atoms with Crippen LogP contribution in [0.2, 0.25) is 0 Å². The van der Waals surface area contributed by atoms with E-state index in [9.17, 15) is 5.11 Å². The number of aliphatic imine (C=N–C) groups is 1. The molecule has 0 bridgehead atoms. The van der Waals surface area contributed by atoms with Crippen LogP contribution in [0, 0.1) is 0 Å². The molecule has 0 aromatic carbocycles. The van der Waals surface area contributed by atoms with E-state index in [1.165, 1.54) is 7.11 Å². The van der Waals surface area contributed by atoms with Crippen molar-refractivity contribution in [3.63, 3.8) is 0 Å². The number of nitrogens with zero attached hydrogens (tertiary/aromatic N) is 2. The summed E-state index contributed by atoms with van der Waals surface area (Å²) in [5.41, 5.74) is 5.30. The first-order valence-electron chi connectivity index (χ1n) is 6.72. The first-order valence-corrected chi connectivity index (χ1v) is 6.72. The van der Waals surface area contributed by atoms with Gasteiger partial charge >= 0.3 is 0 Å². The molecule has 0 spiro atoms. The van der Waals surface area contributed by atoms with Crippen molar-refractivity contribution < 1.29 is 19.3 Å². The zero-order valence-corrected chi connectivity index (χ0v) is 12.9. The van der Waals surface area contributed by atoms with Gasteiger partial charge in [-0.3, -0.25) is 0 Å². The second-order valence-corrected chi connectivity index (χ2v) is 5.50. The minimum atomic E-state index is -1.25. The monoisotopic (exact) mass is 297 g/mol. The van der Waals surface area contributed by atoms with Gasteiger partial charge in [0.15, 0.2) is 6.23 Å². The van der Waals surface area contributed by atoms with Crippen LogP contribution in [0.1, 0.15) is 13.8 Å². The fourth-order valence-corrected chi connectivity index (χ4v) is 2.76. The average molecular weight is 297 g/mol. The molecule has 4 atom stereocenters. The first-order chi connectivity index (χ1) is 9.82. The molecule has 0 aliphatic carbocycles. The number of ether oxygens (including phenoxy) is 3. The molecule has 1 fully saturated rings. The van der Waals surface area contributed by atoms with Crippen molar-refractivity contribution in [1.82, 2.24) is 4.90 Å². The predicted molar refractivity (Wildman–Crippen MR) is 78.3 cm³/mol. The zero-order valence-electron chi connectivity index (χ0n) is 12.9. The van der Waals surface area contributed by atoms with E-state index in [0.29, 0.717) is 18.3 Å². The summed E-state index contributed by atoms with van der Waals surface area (Å²) >= 11 is 0. The van der Waals surface area contributed by atoms with Gasteiger partial charge in [-0.15, -0.1) is 0 Å². The molecule has 2 heterocycles. The summed E-state index contributed by atoms with van der Waals surface area (Å²) in [6, 6.07) is 0. The van der Waals surface area contributed by atoms with Gasteiger partial charge in [0, 0.05) is 26.0 Å². The van der Waals surface area contributed by atoms with E-state index < -0.39 is 17.9 Å². The lowest BCUT2D eigenvalue weighted by molar-refractivity contribution is -0.115. The summed E-state index contributed by atoms with van der Waals surface area (Å²) in [7, 11) is 3.11. The van der Waals surface area contributed by atoms with Crippen molar-refractivity contribution in [2.24, 2.45) is 10.7 Å².